The lowest BCUT2D eigenvalue weighted by Crippen LogP contribution is -2.48. The zero-order valence-corrected chi connectivity index (χ0v) is 15.0. The molecular weight excluding hydrogens is 334 g/mol. The molecule has 7 heteroatoms. The molecule has 2 saturated heterocycles. The summed E-state index contributed by atoms with van der Waals surface area (Å²) in [4.78, 5) is 39.2. The number of hydrogen-bond acceptors (Lipinski definition) is 4. The molecule has 0 aliphatic carbocycles. The van der Waals surface area contributed by atoms with Crippen LogP contribution in [0.15, 0.2) is 24.3 Å². The van der Waals surface area contributed by atoms with E-state index in [9.17, 15) is 19.5 Å². The number of carboxylic acids is 1. The summed E-state index contributed by atoms with van der Waals surface area (Å²) in [5.41, 5.74) is 1.52. The van der Waals surface area contributed by atoms with Gasteiger partial charge in [-0.3, -0.25) is 19.3 Å². The molecule has 7 nitrogen and oxygen atoms in total. The first-order chi connectivity index (χ1) is 12.5. The molecular formula is C19H25N3O4. The second kappa shape index (κ2) is 7.86. The quantitative estimate of drug-likeness (QED) is 0.838. The molecule has 3 rings (SSSR count). The van der Waals surface area contributed by atoms with Gasteiger partial charge in [-0.15, -0.1) is 0 Å². The fourth-order valence-electron chi connectivity index (χ4n) is 3.62. The first-order valence-corrected chi connectivity index (χ1v) is 9.14. The molecule has 1 aromatic carbocycles. The van der Waals surface area contributed by atoms with E-state index < -0.39 is 17.9 Å². The van der Waals surface area contributed by atoms with Gasteiger partial charge >= 0.3 is 5.97 Å². The Balaban J connectivity index is 1.58. The van der Waals surface area contributed by atoms with Crippen LogP contribution in [0.1, 0.15) is 32.6 Å². The molecule has 0 bridgehead atoms. The first-order valence-electron chi connectivity index (χ1n) is 9.14. The monoisotopic (exact) mass is 359 g/mol. The number of nitrogens with one attached hydrogen (secondary N) is 1. The molecule has 1 aromatic rings. The maximum Gasteiger partial charge on any atom is 0.307 e. The van der Waals surface area contributed by atoms with Crippen LogP contribution >= 0.6 is 0 Å². The van der Waals surface area contributed by atoms with Crippen molar-refractivity contribution in [2.75, 3.05) is 29.9 Å². The minimum Gasteiger partial charge on any atom is -0.481 e. The van der Waals surface area contributed by atoms with E-state index in [1.165, 1.54) is 0 Å². The molecule has 2 amide bonds. The highest BCUT2D eigenvalue weighted by Gasteiger charge is 2.30. The number of piperidine rings is 1. The SMILES string of the molecule is CC(C(=O)Nc1ccc(N2CCCC2=O)cc1)N1CCCC(C(=O)O)C1. The lowest BCUT2D eigenvalue weighted by Gasteiger charge is -2.34. The van der Waals surface area contributed by atoms with Gasteiger partial charge in [0.2, 0.25) is 11.8 Å². The van der Waals surface area contributed by atoms with Gasteiger partial charge in [0.25, 0.3) is 0 Å². The molecule has 0 aromatic heterocycles. The Morgan fingerprint density at radius 2 is 1.92 bits per heavy atom. The third-order valence-corrected chi connectivity index (χ3v) is 5.25. The molecule has 2 N–H and O–H groups in total. The van der Waals surface area contributed by atoms with E-state index in [4.69, 9.17) is 0 Å². The molecule has 2 unspecified atom stereocenters. The van der Waals surface area contributed by atoms with E-state index >= 15 is 0 Å². The number of benzene rings is 1. The molecule has 2 aliphatic rings. The van der Waals surface area contributed by atoms with Crippen LogP contribution < -0.4 is 10.2 Å². The van der Waals surface area contributed by atoms with Gasteiger partial charge in [0.1, 0.15) is 0 Å². The van der Waals surface area contributed by atoms with Crippen molar-refractivity contribution in [1.29, 1.82) is 0 Å². The van der Waals surface area contributed by atoms with Crippen LogP contribution in [-0.2, 0) is 14.4 Å². The van der Waals surface area contributed by atoms with E-state index in [1.807, 2.05) is 17.0 Å². The van der Waals surface area contributed by atoms with E-state index in [-0.39, 0.29) is 11.8 Å². The summed E-state index contributed by atoms with van der Waals surface area (Å²) in [6, 6.07) is 6.87. The summed E-state index contributed by atoms with van der Waals surface area (Å²) in [6.45, 7) is 3.67. The summed E-state index contributed by atoms with van der Waals surface area (Å²) in [5.74, 6) is -1.22. The van der Waals surface area contributed by atoms with Crippen molar-refractivity contribution >= 4 is 29.2 Å². The third kappa shape index (κ3) is 4.04. The second-order valence-electron chi connectivity index (χ2n) is 7.03. The van der Waals surface area contributed by atoms with Crippen molar-refractivity contribution in [3.8, 4) is 0 Å². The van der Waals surface area contributed by atoms with Crippen LogP contribution in [0, 0.1) is 5.92 Å². The standard InChI is InChI=1S/C19H25N3O4/c1-13(21-10-2-4-14(12-21)19(25)26)18(24)20-15-6-8-16(9-7-15)22-11-3-5-17(22)23/h6-9,13-14H,2-5,10-12H2,1H3,(H,20,24)(H,25,26). The van der Waals surface area contributed by atoms with Crippen LogP contribution in [0.3, 0.4) is 0 Å². The van der Waals surface area contributed by atoms with Gasteiger partial charge < -0.3 is 15.3 Å². The second-order valence-corrected chi connectivity index (χ2v) is 7.03. The zero-order valence-electron chi connectivity index (χ0n) is 15.0. The van der Waals surface area contributed by atoms with Gasteiger partial charge in [-0.2, -0.15) is 0 Å². The van der Waals surface area contributed by atoms with Crippen molar-refractivity contribution in [2.24, 2.45) is 5.92 Å². The number of carbonyl (C=O) groups excluding carboxylic acids is 2. The van der Waals surface area contributed by atoms with Crippen LogP contribution in [0.25, 0.3) is 0 Å². The Hall–Kier alpha value is -2.41. The number of hydrogen-bond donors (Lipinski definition) is 2. The minimum atomic E-state index is -0.797. The van der Waals surface area contributed by atoms with Crippen LogP contribution in [0.4, 0.5) is 11.4 Å². The Labute approximate surface area is 153 Å². The third-order valence-electron chi connectivity index (χ3n) is 5.25. The smallest absolute Gasteiger partial charge is 0.307 e. The molecule has 2 atom stereocenters. The van der Waals surface area contributed by atoms with Crippen molar-refractivity contribution in [3.63, 3.8) is 0 Å². The van der Waals surface area contributed by atoms with Gasteiger partial charge in [-0.05, 0) is 57.0 Å². The highest BCUT2D eigenvalue weighted by atomic mass is 16.4. The number of aliphatic carboxylic acids is 1. The summed E-state index contributed by atoms with van der Waals surface area (Å²) in [5, 5.41) is 12.1. The van der Waals surface area contributed by atoms with Crippen molar-refractivity contribution in [2.45, 2.75) is 38.6 Å². The molecule has 0 saturated carbocycles. The number of carbonyl (C=O) groups is 3. The van der Waals surface area contributed by atoms with E-state index in [0.29, 0.717) is 25.1 Å². The zero-order chi connectivity index (χ0) is 18.7. The van der Waals surface area contributed by atoms with Crippen molar-refractivity contribution in [3.05, 3.63) is 24.3 Å². The molecule has 2 fully saturated rings. The van der Waals surface area contributed by atoms with E-state index in [1.54, 1.807) is 24.0 Å². The van der Waals surface area contributed by atoms with Crippen LogP contribution in [0.2, 0.25) is 0 Å². The maximum absolute atomic E-state index is 12.5. The molecule has 2 aliphatic heterocycles. The highest BCUT2D eigenvalue weighted by molar-refractivity contribution is 5.97. The normalized spacial score (nSPS) is 22.3. The number of likely N-dealkylation sites (tertiary alicyclic amines) is 1. The summed E-state index contributed by atoms with van der Waals surface area (Å²) in [6.07, 6.45) is 2.91. The van der Waals surface area contributed by atoms with Gasteiger partial charge in [-0.1, -0.05) is 0 Å². The maximum atomic E-state index is 12.5. The van der Waals surface area contributed by atoms with Gasteiger partial charge in [0.15, 0.2) is 0 Å². The Morgan fingerprint density at radius 3 is 2.54 bits per heavy atom. The van der Waals surface area contributed by atoms with E-state index in [0.717, 1.165) is 31.6 Å². The predicted octanol–water partition coefficient (Wildman–Crippen LogP) is 1.94. The molecule has 26 heavy (non-hydrogen) atoms. The minimum absolute atomic E-state index is 0.133. The summed E-state index contributed by atoms with van der Waals surface area (Å²) in [7, 11) is 0. The topological polar surface area (TPSA) is 90.0 Å². The average molecular weight is 359 g/mol. The Kier molecular flexibility index (Phi) is 5.56. The highest BCUT2D eigenvalue weighted by Crippen LogP contribution is 2.24. The number of amides is 2. The molecule has 2 heterocycles. The van der Waals surface area contributed by atoms with E-state index in [2.05, 4.69) is 5.32 Å². The fraction of sp³-hybridized carbons (Fsp3) is 0.526. The van der Waals surface area contributed by atoms with Crippen molar-refractivity contribution < 1.29 is 19.5 Å². The summed E-state index contributed by atoms with van der Waals surface area (Å²) < 4.78 is 0. The van der Waals surface area contributed by atoms with Gasteiger partial charge in [0.05, 0.1) is 12.0 Å². The Morgan fingerprint density at radius 1 is 1.19 bits per heavy atom. The number of nitrogens with zero attached hydrogens (tertiary/aromatic N) is 2. The summed E-state index contributed by atoms with van der Waals surface area (Å²) >= 11 is 0. The largest absolute Gasteiger partial charge is 0.481 e. The lowest BCUT2D eigenvalue weighted by atomic mass is 9.97. The van der Waals surface area contributed by atoms with Crippen LogP contribution in [-0.4, -0.2) is 53.5 Å². The molecule has 0 radical (unpaired) electrons. The molecule has 140 valence electrons. The number of rotatable bonds is 5. The van der Waals surface area contributed by atoms with Crippen molar-refractivity contribution in [1.82, 2.24) is 4.90 Å². The fourth-order valence-corrected chi connectivity index (χ4v) is 3.62. The number of carboxylic acid groups (broad SMARTS) is 1. The van der Waals surface area contributed by atoms with Gasteiger partial charge in [0, 0.05) is 30.9 Å². The number of anilines is 2. The first kappa shape index (κ1) is 18.4. The van der Waals surface area contributed by atoms with Crippen LogP contribution in [0.5, 0.6) is 0 Å². The predicted molar refractivity (Wildman–Crippen MR) is 98.1 cm³/mol. The van der Waals surface area contributed by atoms with Gasteiger partial charge in [-0.25, -0.2) is 0 Å². The Bertz CT molecular complexity index is 689. The average Bonchev–Trinajstić information content (AvgIpc) is 3.07. The molecule has 0 spiro atoms. The lowest BCUT2D eigenvalue weighted by molar-refractivity contribution is -0.144.